The number of ether oxygens (including phenoxy) is 2. The number of carbonyl (C=O) groups is 2. The molecule has 0 amide bonds. The Bertz CT molecular complexity index is 773. The van der Waals surface area contributed by atoms with Crippen LogP contribution in [0.25, 0.3) is 0 Å². The first-order chi connectivity index (χ1) is 12.0. The maximum Gasteiger partial charge on any atom is 0.338 e. The zero-order valence-corrected chi connectivity index (χ0v) is 16.3. The summed E-state index contributed by atoms with van der Waals surface area (Å²) in [7, 11) is 0. The maximum atomic E-state index is 12.3. The average Bonchev–Trinajstić information content (AvgIpc) is 2.53. The molecule has 0 spiro atoms. The topological polar surface area (TPSA) is 52.6 Å². The number of hydrogen-bond acceptors (Lipinski definition) is 4. The van der Waals surface area contributed by atoms with E-state index < -0.39 is 11.0 Å². The van der Waals surface area contributed by atoms with Gasteiger partial charge in [-0.25, -0.2) is 4.79 Å². The second-order valence-electron chi connectivity index (χ2n) is 8.23. The molecule has 0 fully saturated rings. The van der Waals surface area contributed by atoms with E-state index in [9.17, 15) is 9.59 Å². The lowest BCUT2D eigenvalue weighted by Gasteiger charge is -2.19. The maximum absolute atomic E-state index is 12.3. The summed E-state index contributed by atoms with van der Waals surface area (Å²) in [5, 5.41) is 0. The Hall–Kier alpha value is -2.62. The number of hydrogen-bond donors (Lipinski definition) is 0. The zero-order valence-electron chi connectivity index (χ0n) is 16.3. The summed E-state index contributed by atoms with van der Waals surface area (Å²) in [6.45, 7) is 11.2. The monoisotopic (exact) mass is 354 g/mol. The first-order valence-corrected chi connectivity index (χ1v) is 8.62. The number of carbonyl (C=O) groups excluding carboxylic acids is 2. The molecule has 2 rings (SSSR count). The largest absolute Gasteiger partial charge is 0.457 e. The normalized spacial score (nSPS) is 11.8. The molecule has 0 radical (unpaired) electrons. The average molecular weight is 354 g/mol. The third-order valence-corrected chi connectivity index (χ3v) is 3.52. The Morgan fingerprint density at radius 1 is 0.692 bits per heavy atom. The van der Waals surface area contributed by atoms with Crippen molar-refractivity contribution in [2.75, 3.05) is 0 Å². The highest BCUT2D eigenvalue weighted by molar-refractivity contribution is 5.99. The minimum absolute atomic E-state index is 0.0887. The predicted molar refractivity (Wildman–Crippen MR) is 102 cm³/mol. The standard InChI is InChI=1S/C22H26O4/c1-21(2,3)19(23)15-7-11-17(12-8-15)25-18-13-9-16(10-14-18)20(24)26-22(4,5)6/h7-14H,1-6H3. The summed E-state index contributed by atoms with van der Waals surface area (Å²) >= 11 is 0. The van der Waals surface area contributed by atoms with Gasteiger partial charge in [0, 0.05) is 11.0 Å². The lowest BCUT2D eigenvalue weighted by atomic mass is 9.86. The van der Waals surface area contributed by atoms with Gasteiger partial charge in [-0.05, 0) is 69.3 Å². The van der Waals surface area contributed by atoms with Crippen molar-refractivity contribution in [3.8, 4) is 11.5 Å². The molecular formula is C22H26O4. The van der Waals surface area contributed by atoms with E-state index in [1.807, 2.05) is 41.5 Å². The van der Waals surface area contributed by atoms with Gasteiger partial charge in [-0.15, -0.1) is 0 Å². The van der Waals surface area contributed by atoms with Gasteiger partial charge in [0.15, 0.2) is 5.78 Å². The van der Waals surface area contributed by atoms with Gasteiger partial charge in [0.25, 0.3) is 0 Å². The van der Waals surface area contributed by atoms with E-state index in [0.29, 0.717) is 22.6 Å². The molecule has 0 aliphatic heterocycles. The van der Waals surface area contributed by atoms with Crippen LogP contribution in [0.1, 0.15) is 62.3 Å². The van der Waals surface area contributed by atoms with Crippen molar-refractivity contribution in [1.82, 2.24) is 0 Å². The Kier molecular flexibility index (Phi) is 5.55. The van der Waals surface area contributed by atoms with Crippen molar-refractivity contribution in [3.05, 3.63) is 59.7 Å². The fourth-order valence-corrected chi connectivity index (χ4v) is 2.24. The van der Waals surface area contributed by atoms with Crippen molar-refractivity contribution >= 4 is 11.8 Å². The summed E-state index contributed by atoms with van der Waals surface area (Å²) in [4.78, 5) is 24.3. The summed E-state index contributed by atoms with van der Waals surface area (Å²) in [5.41, 5.74) is 0.182. The van der Waals surface area contributed by atoms with Crippen LogP contribution in [0.2, 0.25) is 0 Å². The SMILES string of the molecule is CC(C)(C)OC(=O)c1ccc(Oc2ccc(C(=O)C(C)(C)C)cc2)cc1. The van der Waals surface area contributed by atoms with Gasteiger partial charge in [0.05, 0.1) is 5.56 Å². The predicted octanol–water partition coefficient (Wildman–Crippen LogP) is 5.66. The van der Waals surface area contributed by atoms with Crippen molar-refractivity contribution in [1.29, 1.82) is 0 Å². The summed E-state index contributed by atoms with van der Waals surface area (Å²) in [6.07, 6.45) is 0. The summed E-state index contributed by atoms with van der Waals surface area (Å²) in [6, 6.07) is 13.8. The van der Waals surface area contributed by atoms with Crippen LogP contribution in [0, 0.1) is 5.41 Å². The molecule has 0 aliphatic carbocycles. The summed E-state index contributed by atoms with van der Waals surface area (Å²) in [5.74, 6) is 0.951. The van der Waals surface area contributed by atoms with E-state index in [4.69, 9.17) is 9.47 Å². The first kappa shape index (κ1) is 19.7. The van der Waals surface area contributed by atoms with E-state index >= 15 is 0 Å². The van der Waals surface area contributed by atoms with Crippen LogP contribution in [-0.4, -0.2) is 17.4 Å². The number of ketones is 1. The number of benzene rings is 2. The third-order valence-electron chi connectivity index (χ3n) is 3.52. The van der Waals surface area contributed by atoms with E-state index in [1.54, 1.807) is 48.5 Å². The molecule has 2 aromatic rings. The number of rotatable bonds is 4. The molecule has 0 heterocycles. The van der Waals surface area contributed by atoms with Crippen LogP contribution in [0.3, 0.4) is 0 Å². The molecule has 4 nitrogen and oxygen atoms in total. The molecule has 0 atom stereocenters. The van der Waals surface area contributed by atoms with Crippen molar-refractivity contribution in [2.45, 2.75) is 47.1 Å². The van der Waals surface area contributed by atoms with E-state index in [-0.39, 0.29) is 11.8 Å². The molecule has 0 saturated heterocycles. The first-order valence-electron chi connectivity index (χ1n) is 8.62. The fraction of sp³-hybridized carbons (Fsp3) is 0.364. The highest BCUT2D eigenvalue weighted by Crippen LogP contribution is 2.25. The molecule has 0 aliphatic rings. The molecule has 0 bridgehead atoms. The molecule has 2 aromatic carbocycles. The molecule has 0 aromatic heterocycles. The molecule has 26 heavy (non-hydrogen) atoms. The third kappa shape index (κ3) is 5.45. The number of Topliss-reactive ketones (excluding diaryl/α,β-unsaturated/α-hetero) is 1. The quantitative estimate of drug-likeness (QED) is 0.525. The van der Waals surface area contributed by atoms with Gasteiger partial charge in [0.2, 0.25) is 0 Å². The van der Waals surface area contributed by atoms with Crippen LogP contribution in [0.5, 0.6) is 11.5 Å². The van der Waals surface area contributed by atoms with Crippen LogP contribution in [0.15, 0.2) is 48.5 Å². The van der Waals surface area contributed by atoms with E-state index in [2.05, 4.69) is 0 Å². The highest BCUT2D eigenvalue weighted by Gasteiger charge is 2.22. The second kappa shape index (κ2) is 7.32. The van der Waals surface area contributed by atoms with E-state index in [1.165, 1.54) is 0 Å². The smallest absolute Gasteiger partial charge is 0.338 e. The minimum Gasteiger partial charge on any atom is -0.457 e. The Morgan fingerprint density at radius 3 is 1.50 bits per heavy atom. The van der Waals surface area contributed by atoms with Crippen LogP contribution >= 0.6 is 0 Å². The van der Waals surface area contributed by atoms with Crippen molar-refractivity contribution in [2.24, 2.45) is 5.41 Å². The van der Waals surface area contributed by atoms with Gasteiger partial charge < -0.3 is 9.47 Å². The summed E-state index contributed by atoms with van der Waals surface area (Å²) < 4.78 is 11.1. The van der Waals surface area contributed by atoms with Gasteiger partial charge >= 0.3 is 5.97 Å². The van der Waals surface area contributed by atoms with Gasteiger partial charge in [-0.3, -0.25) is 4.79 Å². The van der Waals surface area contributed by atoms with Gasteiger partial charge in [-0.2, -0.15) is 0 Å². The Balaban J connectivity index is 2.05. The molecule has 0 saturated carbocycles. The van der Waals surface area contributed by atoms with E-state index in [0.717, 1.165) is 0 Å². The molecule has 0 unspecified atom stereocenters. The Labute approximate surface area is 155 Å². The second-order valence-corrected chi connectivity index (χ2v) is 8.23. The minimum atomic E-state index is -0.529. The molecule has 4 heteroatoms. The molecule has 0 N–H and O–H groups in total. The van der Waals surface area contributed by atoms with Gasteiger partial charge in [-0.1, -0.05) is 20.8 Å². The Morgan fingerprint density at radius 2 is 1.12 bits per heavy atom. The van der Waals surface area contributed by atoms with Crippen LogP contribution in [-0.2, 0) is 4.74 Å². The van der Waals surface area contributed by atoms with Crippen molar-refractivity contribution in [3.63, 3.8) is 0 Å². The van der Waals surface area contributed by atoms with Crippen LogP contribution < -0.4 is 4.74 Å². The zero-order chi connectivity index (χ0) is 19.5. The van der Waals surface area contributed by atoms with Crippen molar-refractivity contribution < 1.29 is 19.1 Å². The van der Waals surface area contributed by atoms with Crippen LogP contribution in [0.4, 0.5) is 0 Å². The fourth-order valence-electron chi connectivity index (χ4n) is 2.24. The lowest BCUT2D eigenvalue weighted by Crippen LogP contribution is -2.23. The number of esters is 1. The van der Waals surface area contributed by atoms with Gasteiger partial charge in [0.1, 0.15) is 17.1 Å². The lowest BCUT2D eigenvalue weighted by molar-refractivity contribution is 0.00694. The highest BCUT2D eigenvalue weighted by atomic mass is 16.6. The molecular weight excluding hydrogens is 328 g/mol. The molecule has 138 valence electrons.